The minimum atomic E-state index is 0.861. The van der Waals surface area contributed by atoms with Crippen molar-refractivity contribution in [3.05, 3.63) is 69.8 Å². The summed E-state index contributed by atoms with van der Waals surface area (Å²) < 4.78 is 5.79. The van der Waals surface area contributed by atoms with Gasteiger partial charge in [0.2, 0.25) is 0 Å². The van der Waals surface area contributed by atoms with Crippen LogP contribution >= 0.6 is 0 Å². The first-order valence-electron chi connectivity index (χ1n) is 8.76. The molecule has 0 unspecified atom stereocenters. The molecule has 2 aromatic carbocycles. The Morgan fingerprint density at radius 3 is 1.43 bits per heavy atom. The molecule has 2 aromatic rings. The van der Waals surface area contributed by atoms with Crippen LogP contribution in [0.2, 0.25) is 0 Å². The molecule has 0 fully saturated rings. The van der Waals surface area contributed by atoms with Crippen molar-refractivity contribution >= 4 is 0 Å². The van der Waals surface area contributed by atoms with E-state index in [9.17, 15) is 0 Å². The van der Waals surface area contributed by atoms with E-state index in [1.807, 2.05) is 0 Å². The molecule has 0 atom stereocenters. The van der Waals surface area contributed by atoms with Crippen LogP contribution in [0.15, 0.2) is 36.4 Å². The fourth-order valence-corrected chi connectivity index (χ4v) is 2.78. The number of benzene rings is 2. The van der Waals surface area contributed by atoms with E-state index < -0.39 is 0 Å². The third kappa shape index (κ3) is 5.84. The van der Waals surface area contributed by atoms with Crippen LogP contribution < -0.4 is 0 Å². The van der Waals surface area contributed by atoms with Crippen molar-refractivity contribution in [3.8, 4) is 0 Å². The topological polar surface area (TPSA) is 9.23 Å². The number of hydrogen-bond acceptors (Lipinski definition) is 1. The van der Waals surface area contributed by atoms with Gasteiger partial charge in [0, 0.05) is 13.2 Å². The predicted molar refractivity (Wildman–Crippen MR) is 99.3 cm³/mol. The van der Waals surface area contributed by atoms with Gasteiger partial charge in [0.05, 0.1) is 0 Å². The van der Waals surface area contributed by atoms with E-state index in [0.717, 1.165) is 38.9 Å². The largest absolute Gasteiger partial charge is 0.381 e. The van der Waals surface area contributed by atoms with Crippen LogP contribution in [0.3, 0.4) is 0 Å². The van der Waals surface area contributed by atoms with Crippen molar-refractivity contribution in [3.63, 3.8) is 0 Å². The van der Waals surface area contributed by atoms with Gasteiger partial charge in [0.15, 0.2) is 0 Å². The molecular formula is C22H30O. The molecule has 0 spiro atoms. The average molecular weight is 310 g/mol. The van der Waals surface area contributed by atoms with Gasteiger partial charge < -0.3 is 4.74 Å². The molecule has 0 aliphatic rings. The second kappa shape index (κ2) is 8.88. The second-order valence-corrected chi connectivity index (χ2v) is 6.66. The van der Waals surface area contributed by atoms with Gasteiger partial charge in [-0.05, 0) is 86.8 Å². The van der Waals surface area contributed by atoms with Gasteiger partial charge in [-0.3, -0.25) is 0 Å². The van der Waals surface area contributed by atoms with Gasteiger partial charge in [-0.1, -0.05) is 36.4 Å². The molecule has 0 heterocycles. The van der Waals surface area contributed by atoms with Crippen LogP contribution in [0.4, 0.5) is 0 Å². The SMILES string of the molecule is Cc1ccc(CCCOCCCc2ccc(C)c(C)c2)cc1C. The third-order valence-electron chi connectivity index (χ3n) is 4.65. The van der Waals surface area contributed by atoms with Crippen LogP contribution in [0, 0.1) is 27.7 Å². The summed E-state index contributed by atoms with van der Waals surface area (Å²) in [4.78, 5) is 0. The Labute approximate surface area is 141 Å². The molecule has 0 aromatic heterocycles. The van der Waals surface area contributed by atoms with E-state index in [4.69, 9.17) is 4.74 Å². The summed E-state index contributed by atoms with van der Waals surface area (Å²) in [6, 6.07) is 13.5. The number of ether oxygens (including phenoxy) is 1. The molecule has 2 rings (SSSR count). The second-order valence-electron chi connectivity index (χ2n) is 6.66. The quantitative estimate of drug-likeness (QED) is 0.585. The summed E-state index contributed by atoms with van der Waals surface area (Å²) in [7, 11) is 0. The molecule has 0 aliphatic heterocycles. The lowest BCUT2D eigenvalue weighted by Crippen LogP contribution is -2.01. The van der Waals surface area contributed by atoms with Crippen molar-refractivity contribution < 1.29 is 4.74 Å². The maximum atomic E-state index is 5.79. The minimum Gasteiger partial charge on any atom is -0.381 e. The molecular weight excluding hydrogens is 280 g/mol. The molecule has 23 heavy (non-hydrogen) atoms. The normalized spacial score (nSPS) is 11.0. The zero-order valence-corrected chi connectivity index (χ0v) is 15.1. The van der Waals surface area contributed by atoms with Gasteiger partial charge in [0.1, 0.15) is 0 Å². The predicted octanol–water partition coefficient (Wildman–Crippen LogP) is 5.50. The highest BCUT2D eigenvalue weighted by Crippen LogP contribution is 2.12. The molecule has 124 valence electrons. The van der Waals surface area contributed by atoms with E-state index >= 15 is 0 Å². The maximum Gasteiger partial charge on any atom is 0.0469 e. The highest BCUT2D eigenvalue weighted by molar-refractivity contribution is 5.30. The smallest absolute Gasteiger partial charge is 0.0469 e. The number of aryl methyl sites for hydroxylation is 6. The first-order valence-corrected chi connectivity index (χ1v) is 8.76. The monoisotopic (exact) mass is 310 g/mol. The number of rotatable bonds is 8. The molecule has 0 amide bonds. The lowest BCUT2D eigenvalue weighted by Gasteiger charge is -2.07. The summed E-state index contributed by atoms with van der Waals surface area (Å²) in [6.45, 7) is 10.4. The molecule has 0 bridgehead atoms. The zero-order chi connectivity index (χ0) is 16.7. The van der Waals surface area contributed by atoms with Crippen molar-refractivity contribution in [2.45, 2.75) is 53.4 Å². The van der Waals surface area contributed by atoms with Crippen molar-refractivity contribution in [1.82, 2.24) is 0 Å². The standard InChI is InChI=1S/C22H30O/c1-17-9-11-21(15-19(17)3)7-5-13-23-14-6-8-22-12-10-18(2)20(4)16-22/h9-12,15-16H,5-8,13-14H2,1-4H3. The maximum absolute atomic E-state index is 5.79. The van der Waals surface area contributed by atoms with Crippen LogP contribution in [0.25, 0.3) is 0 Å². The highest BCUT2D eigenvalue weighted by atomic mass is 16.5. The zero-order valence-electron chi connectivity index (χ0n) is 15.1. The van der Waals surface area contributed by atoms with Gasteiger partial charge in [0.25, 0.3) is 0 Å². The molecule has 1 heteroatoms. The van der Waals surface area contributed by atoms with Crippen molar-refractivity contribution in [1.29, 1.82) is 0 Å². The Morgan fingerprint density at radius 2 is 1.04 bits per heavy atom. The Morgan fingerprint density at radius 1 is 0.609 bits per heavy atom. The fraction of sp³-hybridized carbons (Fsp3) is 0.455. The number of hydrogen-bond donors (Lipinski definition) is 0. The van der Waals surface area contributed by atoms with Crippen molar-refractivity contribution in [2.24, 2.45) is 0 Å². The molecule has 0 saturated heterocycles. The third-order valence-corrected chi connectivity index (χ3v) is 4.65. The molecule has 1 nitrogen and oxygen atoms in total. The van der Waals surface area contributed by atoms with E-state index in [1.165, 1.54) is 33.4 Å². The fourth-order valence-electron chi connectivity index (χ4n) is 2.78. The summed E-state index contributed by atoms with van der Waals surface area (Å²) >= 11 is 0. The first-order chi connectivity index (χ1) is 11.1. The molecule has 0 aliphatic carbocycles. The first kappa shape index (κ1) is 17.7. The van der Waals surface area contributed by atoms with Crippen LogP contribution in [0.1, 0.15) is 46.2 Å². The van der Waals surface area contributed by atoms with Crippen LogP contribution in [-0.2, 0) is 17.6 Å². The van der Waals surface area contributed by atoms with Gasteiger partial charge in [-0.25, -0.2) is 0 Å². The summed E-state index contributed by atoms with van der Waals surface area (Å²) in [6.07, 6.45) is 4.43. The van der Waals surface area contributed by atoms with E-state index in [0.29, 0.717) is 0 Å². The van der Waals surface area contributed by atoms with Crippen LogP contribution in [-0.4, -0.2) is 13.2 Å². The Bertz CT molecular complexity index is 572. The van der Waals surface area contributed by atoms with Crippen molar-refractivity contribution in [2.75, 3.05) is 13.2 Å². The van der Waals surface area contributed by atoms with Crippen LogP contribution in [0.5, 0.6) is 0 Å². The Hall–Kier alpha value is -1.60. The molecule has 0 radical (unpaired) electrons. The van der Waals surface area contributed by atoms with Gasteiger partial charge in [-0.15, -0.1) is 0 Å². The Kier molecular flexibility index (Phi) is 6.85. The molecule has 0 saturated carbocycles. The molecule has 0 N–H and O–H groups in total. The van der Waals surface area contributed by atoms with Gasteiger partial charge in [-0.2, -0.15) is 0 Å². The van der Waals surface area contributed by atoms with E-state index in [1.54, 1.807) is 0 Å². The lowest BCUT2D eigenvalue weighted by molar-refractivity contribution is 0.130. The summed E-state index contributed by atoms with van der Waals surface area (Å²) in [5.41, 5.74) is 8.36. The van der Waals surface area contributed by atoms with E-state index in [-0.39, 0.29) is 0 Å². The average Bonchev–Trinajstić information content (AvgIpc) is 2.53. The summed E-state index contributed by atoms with van der Waals surface area (Å²) in [5.74, 6) is 0. The highest BCUT2D eigenvalue weighted by Gasteiger charge is 1.99. The lowest BCUT2D eigenvalue weighted by atomic mass is 10.0. The minimum absolute atomic E-state index is 0.861. The Balaban J connectivity index is 1.58. The van der Waals surface area contributed by atoms with Gasteiger partial charge >= 0.3 is 0 Å². The summed E-state index contributed by atoms with van der Waals surface area (Å²) in [5, 5.41) is 0. The van der Waals surface area contributed by atoms with E-state index in [2.05, 4.69) is 64.1 Å².